The summed E-state index contributed by atoms with van der Waals surface area (Å²) in [5, 5.41) is 3.51. The Hall–Kier alpha value is -0.423. The van der Waals surface area contributed by atoms with Crippen molar-refractivity contribution in [3.63, 3.8) is 0 Å². The van der Waals surface area contributed by atoms with Crippen LogP contribution in [0.1, 0.15) is 6.42 Å². The first-order valence-corrected chi connectivity index (χ1v) is 11.5. The van der Waals surface area contributed by atoms with Gasteiger partial charge in [-0.1, -0.05) is 37.4 Å². The monoisotopic (exact) mass is 305 g/mol. The number of fused-ring (bicyclic) bond motifs is 1. The van der Waals surface area contributed by atoms with Gasteiger partial charge in [0, 0.05) is 32.2 Å². The molecule has 0 amide bonds. The van der Waals surface area contributed by atoms with Gasteiger partial charge in [0.05, 0.1) is 0 Å². The number of hydrogen-bond donors (Lipinski definition) is 1. The van der Waals surface area contributed by atoms with Gasteiger partial charge in [0.1, 0.15) is 8.24 Å². The van der Waals surface area contributed by atoms with Gasteiger partial charge < -0.3 is 14.8 Å². The number of piperazine rings is 1. The fourth-order valence-corrected chi connectivity index (χ4v) is 9.37. The molecule has 3 aliphatic rings. The number of rotatable bonds is 3. The highest BCUT2D eigenvalue weighted by atomic mass is 28.3. The molecular formula is C17H31N3Si. The van der Waals surface area contributed by atoms with E-state index < -0.39 is 8.24 Å². The summed E-state index contributed by atoms with van der Waals surface area (Å²) in [5.41, 5.74) is 0.844. The van der Waals surface area contributed by atoms with Gasteiger partial charge in [-0.05, 0) is 37.9 Å². The Labute approximate surface area is 131 Å². The van der Waals surface area contributed by atoms with Crippen molar-refractivity contribution in [2.45, 2.75) is 31.1 Å². The third-order valence-electron chi connectivity index (χ3n) is 6.05. The van der Waals surface area contributed by atoms with Crippen molar-refractivity contribution in [2.75, 3.05) is 40.3 Å². The number of allylic oxidation sites excluding steroid dienone is 4. The molecule has 1 saturated heterocycles. The lowest BCUT2D eigenvalue weighted by atomic mass is 9.92. The minimum absolute atomic E-state index is 0.740. The number of nitrogens with one attached hydrogen (secondary N) is 1. The van der Waals surface area contributed by atoms with Crippen LogP contribution in [0.3, 0.4) is 0 Å². The SMILES string of the molecule is CN(C)C1CC2C=CC=CC2C1[Si](C)(C)N1CCNCC1. The maximum Gasteiger partial charge on any atom is 0.127 e. The summed E-state index contributed by atoms with van der Waals surface area (Å²) >= 11 is 0. The Morgan fingerprint density at radius 2 is 1.76 bits per heavy atom. The van der Waals surface area contributed by atoms with E-state index in [-0.39, 0.29) is 0 Å². The van der Waals surface area contributed by atoms with Crippen molar-refractivity contribution < 1.29 is 0 Å². The fourth-order valence-electron chi connectivity index (χ4n) is 4.90. The maximum atomic E-state index is 3.51. The van der Waals surface area contributed by atoms with Gasteiger partial charge in [0.25, 0.3) is 0 Å². The predicted molar refractivity (Wildman–Crippen MR) is 93.0 cm³/mol. The Morgan fingerprint density at radius 3 is 2.43 bits per heavy atom. The first-order chi connectivity index (χ1) is 10.0. The molecule has 21 heavy (non-hydrogen) atoms. The van der Waals surface area contributed by atoms with E-state index >= 15 is 0 Å². The van der Waals surface area contributed by atoms with Crippen molar-refractivity contribution in [3.8, 4) is 0 Å². The normalized spacial score (nSPS) is 37.2. The molecule has 4 atom stereocenters. The van der Waals surface area contributed by atoms with Crippen LogP contribution in [-0.2, 0) is 0 Å². The second-order valence-electron chi connectivity index (χ2n) is 7.69. The molecule has 0 spiro atoms. The Morgan fingerprint density at radius 1 is 1.10 bits per heavy atom. The van der Waals surface area contributed by atoms with Crippen molar-refractivity contribution in [1.82, 2.24) is 14.8 Å². The molecule has 118 valence electrons. The average molecular weight is 306 g/mol. The van der Waals surface area contributed by atoms with E-state index in [4.69, 9.17) is 0 Å². The predicted octanol–water partition coefficient (Wildman–Crippen LogP) is 2.16. The van der Waals surface area contributed by atoms with E-state index in [9.17, 15) is 0 Å². The maximum absolute atomic E-state index is 3.51. The number of hydrogen-bond acceptors (Lipinski definition) is 3. The van der Waals surface area contributed by atoms with Crippen LogP contribution in [0.15, 0.2) is 24.3 Å². The quantitative estimate of drug-likeness (QED) is 0.806. The molecule has 3 rings (SSSR count). The standard InChI is InChI=1S/C17H31N3Si/c1-19(2)16-13-14-7-5-6-8-15(14)17(16)21(3,4)20-11-9-18-10-12-20/h5-8,14-18H,9-13H2,1-4H3. The third kappa shape index (κ3) is 2.79. The molecule has 0 bridgehead atoms. The molecule has 0 aromatic heterocycles. The van der Waals surface area contributed by atoms with Crippen molar-refractivity contribution in [3.05, 3.63) is 24.3 Å². The van der Waals surface area contributed by atoms with Gasteiger partial charge in [-0.2, -0.15) is 0 Å². The minimum atomic E-state index is -1.44. The van der Waals surface area contributed by atoms with Crippen LogP contribution in [0.4, 0.5) is 0 Å². The molecule has 0 radical (unpaired) electrons. The highest BCUT2D eigenvalue weighted by Crippen LogP contribution is 2.51. The van der Waals surface area contributed by atoms with Crippen molar-refractivity contribution >= 4 is 8.24 Å². The largest absolute Gasteiger partial charge is 0.321 e. The molecule has 1 heterocycles. The molecule has 1 N–H and O–H groups in total. The molecule has 2 aliphatic carbocycles. The van der Waals surface area contributed by atoms with E-state index in [1.165, 1.54) is 32.6 Å². The highest BCUT2D eigenvalue weighted by Gasteiger charge is 2.52. The van der Waals surface area contributed by atoms with Crippen molar-refractivity contribution in [2.24, 2.45) is 11.8 Å². The lowest BCUT2D eigenvalue weighted by molar-refractivity contribution is 0.274. The van der Waals surface area contributed by atoms with E-state index in [1.54, 1.807) is 0 Å². The highest BCUT2D eigenvalue weighted by molar-refractivity contribution is 6.76. The van der Waals surface area contributed by atoms with Crippen molar-refractivity contribution in [1.29, 1.82) is 0 Å². The molecule has 2 fully saturated rings. The van der Waals surface area contributed by atoms with Crippen LogP contribution in [0, 0.1) is 11.8 Å². The van der Waals surface area contributed by atoms with E-state index in [2.05, 4.69) is 66.3 Å². The smallest absolute Gasteiger partial charge is 0.127 e. The second kappa shape index (κ2) is 5.99. The summed E-state index contributed by atoms with van der Waals surface area (Å²) in [6, 6.07) is 0.740. The van der Waals surface area contributed by atoms with Gasteiger partial charge in [0.15, 0.2) is 0 Å². The zero-order valence-corrected chi connectivity index (χ0v) is 15.0. The first kappa shape index (κ1) is 15.5. The second-order valence-corrected chi connectivity index (χ2v) is 12.3. The fraction of sp³-hybridized carbons (Fsp3) is 0.765. The zero-order valence-electron chi connectivity index (χ0n) is 14.0. The van der Waals surface area contributed by atoms with Gasteiger partial charge in [-0.3, -0.25) is 0 Å². The molecule has 1 aliphatic heterocycles. The van der Waals surface area contributed by atoms with E-state index in [1.807, 2.05) is 0 Å². The average Bonchev–Trinajstić information content (AvgIpc) is 2.88. The lowest BCUT2D eigenvalue weighted by Crippen LogP contribution is -2.61. The van der Waals surface area contributed by atoms with Crippen LogP contribution < -0.4 is 5.32 Å². The molecule has 3 nitrogen and oxygen atoms in total. The molecule has 1 saturated carbocycles. The molecular weight excluding hydrogens is 274 g/mol. The van der Waals surface area contributed by atoms with Crippen LogP contribution in [0.5, 0.6) is 0 Å². The van der Waals surface area contributed by atoms with Crippen LogP contribution in [0.2, 0.25) is 18.6 Å². The van der Waals surface area contributed by atoms with Crippen LogP contribution >= 0.6 is 0 Å². The minimum Gasteiger partial charge on any atom is -0.321 e. The number of nitrogens with zero attached hydrogens (tertiary/aromatic N) is 2. The van der Waals surface area contributed by atoms with Crippen LogP contribution in [0.25, 0.3) is 0 Å². The van der Waals surface area contributed by atoms with E-state index in [0.717, 1.165) is 23.4 Å². The Kier molecular flexibility index (Phi) is 4.41. The summed E-state index contributed by atoms with van der Waals surface area (Å²) in [7, 11) is 3.13. The summed E-state index contributed by atoms with van der Waals surface area (Å²) in [4.78, 5) is 2.50. The zero-order chi connectivity index (χ0) is 15.0. The Bertz CT molecular complexity index is 424. The van der Waals surface area contributed by atoms with Gasteiger partial charge >= 0.3 is 0 Å². The summed E-state index contributed by atoms with van der Waals surface area (Å²) in [6.45, 7) is 10.1. The molecule has 4 unspecified atom stereocenters. The van der Waals surface area contributed by atoms with Gasteiger partial charge in [-0.15, -0.1) is 0 Å². The van der Waals surface area contributed by atoms with Gasteiger partial charge in [0.2, 0.25) is 0 Å². The van der Waals surface area contributed by atoms with Crippen LogP contribution in [-0.4, -0.2) is 64.0 Å². The van der Waals surface area contributed by atoms with Gasteiger partial charge in [-0.25, -0.2) is 0 Å². The molecule has 4 heteroatoms. The lowest BCUT2D eigenvalue weighted by Gasteiger charge is -2.48. The van der Waals surface area contributed by atoms with E-state index in [0.29, 0.717) is 0 Å². The molecule has 0 aromatic rings. The first-order valence-electron chi connectivity index (χ1n) is 8.49. The summed E-state index contributed by atoms with van der Waals surface area (Å²) in [6.07, 6.45) is 10.9. The third-order valence-corrected chi connectivity index (χ3v) is 10.5. The topological polar surface area (TPSA) is 18.5 Å². The summed E-state index contributed by atoms with van der Waals surface area (Å²) in [5.74, 6) is 1.53. The molecule has 0 aromatic carbocycles. The summed E-state index contributed by atoms with van der Waals surface area (Å²) < 4.78 is 2.86. The Balaban J connectivity index is 1.88.